The van der Waals surface area contributed by atoms with E-state index in [2.05, 4.69) is 0 Å². The summed E-state index contributed by atoms with van der Waals surface area (Å²) in [5, 5.41) is -0.468. The molecule has 0 saturated carbocycles. The van der Waals surface area contributed by atoms with Crippen LogP contribution in [0.1, 0.15) is 10.4 Å². The van der Waals surface area contributed by atoms with E-state index in [1.54, 1.807) is 25.3 Å². The molecule has 2 aromatic rings. The molecule has 3 heteroatoms. The monoisotopic (exact) mass is 246 g/mol. The Balaban J connectivity index is 2.58. The molecule has 2 rings (SSSR count). The molecule has 0 aromatic heterocycles. The summed E-state index contributed by atoms with van der Waals surface area (Å²) in [4.78, 5) is 11.2. The van der Waals surface area contributed by atoms with Gasteiger partial charge in [-0.3, -0.25) is 4.79 Å². The van der Waals surface area contributed by atoms with Crippen molar-refractivity contribution in [3.05, 3.63) is 54.1 Å². The molecule has 0 atom stereocenters. The van der Waals surface area contributed by atoms with Gasteiger partial charge in [-0.1, -0.05) is 30.3 Å². The molecular formula is C14H11ClO2. The van der Waals surface area contributed by atoms with E-state index < -0.39 is 5.24 Å². The van der Waals surface area contributed by atoms with Gasteiger partial charge in [0.2, 0.25) is 0 Å². The predicted molar refractivity (Wildman–Crippen MR) is 68.6 cm³/mol. The normalized spacial score (nSPS) is 10.0. The van der Waals surface area contributed by atoms with E-state index in [1.807, 2.05) is 30.3 Å². The predicted octanol–water partition coefficient (Wildman–Crippen LogP) is 3.74. The summed E-state index contributed by atoms with van der Waals surface area (Å²) < 4.78 is 5.28. The van der Waals surface area contributed by atoms with Gasteiger partial charge in [0.15, 0.2) is 0 Å². The zero-order chi connectivity index (χ0) is 12.3. The Morgan fingerprint density at radius 1 is 1.12 bits per heavy atom. The van der Waals surface area contributed by atoms with Crippen molar-refractivity contribution in [3.8, 4) is 16.9 Å². The van der Waals surface area contributed by atoms with Gasteiger partial charge in [-0.05, 0) is 35.4 Å². The highest BCUT2D eigenvalue weighted by Gasteiger charge is 2.09. The van der Waals surface area contributed by atoms with Crippen LogP contribution in [0.2, 0.25) is 0 Å². The second-order valence-corrected chi connectivity index (χ2v) is 3.90. The van der Waals surface area contributed by atoms with Crippen LogP contribution in [-0.2, 0) is 0 Å². The van der Waals surface area contributed by atoms with Gasteiger partial charge in [0.05, 0.1) is 7.11 Å². The molecule has 2 aromatic carbocycles. The molecule has 0 aliphatic heterocycles. The van der Waals surface area contributed by atoms with Crippen molar-refractivity contribution < 1.29 is 9.53 Å². The Kier molecular flexibility index (Phi) is 3.45. The van der Waals surface area contributed by atoms with Crippen molar-refractivity contribution >= 4 is 16.8 Å². The number of rotatable bonds is 3. The van der Waals surface area contributed by atoms with Crippen LogP contribution in [0.4, 0.5) is 0 Å². The first-order chi connectivity index (χ1) is 8.22. The Morgan fingerprint density at radius 2 is 1.82 bits per heavy atom. The molecule has 0 aliphatic carbocycles. The zero-order valence-electron chi connectivity index (χ0n) is 9.31. The number of methoxy groups -OCH3 is 1. The molecule has 86 valence electrons. The summed E-state index contributed by atoms with van der Waals surface area (Å²) in [6, 6.07) is 14.9. The lowest BCUT2D eigenvalue weighted by Gasteiger charge is -2.09. The molecular weight excluding hydrogens is 236 g/mol. The molecule has 0 amide bonds. The Morgan fingerprint density at radius 3 is 2.41 bits per heavy atom. The minimum atomic E-state index is -0.468. The molecule has 0 radical (unpaired) electrons. The molecule has 0 aliphatic rings. The highest BCUT2D eigenvalue weighted by molar-refractivity contribution is 6.67. The van der Waals surface area contributed by atoms with Crippen molar-refractivity contribution in [2.45, 2.75) is 0 Å². The third-order valence-electron chi connectivity index (χ3n) is 2.51. The lowest BCUT2D eigenvalue weighted by molar-refractivity contribution is 0.108. The van der Waals surface area contributed by atoms with E-state index in [-0.39, 0.29) is 0 Å². The van der Waals surface area contributed by atoms with Crippen molar-refractivity contribution in [1.29, 1.82) is 0 Å². The third kappa shape index (κ3) is 2.48. The fourth-order valence-electron chi connectivity index (χ4n) is 1.67. The maximum atomic E-state index is 11.2. The third-order valence-corrected chi connectivity index (χ3v) is 2.73. The molecule has 0 spiro atoms. The van der Waals surface area contributed by atoms with Crippen molar-refractivity contribution in [2.24, 2.45) is 0 Å². The lowest BCUT2D eigenvalue weighted by atomic mass is 10.0. The minimum Gasteiger partial charge on any atom is -0.496 e. The minimum absolute atomic E-state index is 0.464. The topological polar surface area (TPSA) is 26.3 Å². The van der Waals surface area contributed by atoms with Crippen LogP contribution in [0, 0.1) is 0 Å². The van der Waals surface area contributed by atoms with Crippen LogP contribution in [0.25, 0.3) is 11.1 Å². The van der Waals surface area contributed by atoms with Gasteiger partial charge in [-0.2, -0.15) is 0 Å². The lowest BCUT2D eigenvalue weighted by Crippen LogP contribution is -1.93. The molecule has 0 saturated heterocycles. The van der Waals surface area contributed by atoms with E-state index in [0.29, 0.717) is 5.56 Å². The number of carbonyl (C=O) groups is 1. The van der Waals surface area contributed by atoms with Crippen LogP contribution >= 0.6 is 11.6 Å². The molecule has 17 heavy (non-hydrogen) atoms. The van der Waals surface area contributed by atoms with Crippen LogP contribution in [-0.4, -0.2) is 12.4 Å². The van der Waals surface area contributed by atoms with Gasteiger partial charge >= 0.3 is 0 Å². The Hall–Kier alpha value is -1.80. The number of hydrogen-bond acceptors (Lipinski definition) is 2. The van der Waals surface area contributed by atoms with Crippen LogP contribution in [0.3, 0.4) is 0 Å². The first-order valence-corrected chi connectivity index (χ1v) is 5.53. The second-order valence-electron chi connectivity index (χ2n) is 3.55. The number of benzene rings is 2. The SMILES string of the molecule is COc1ccc(C(=O)Cl)cc1-c1ccccc1. The first kappa shape index (κ1) is 11.7. The maximum absolute atomic E-state index is 11.2. The highest BCUT2D eigenvalue weighted by Crippen LogP contribution is 2.31. The van der Waals surface area contributed by atoms with Gasteiger partial charge < -0.3 is 4.74 Å². The molecule has 0 unspecified atom stereocenters. The Bertz CT molecular complexity index is 535. The van der Waals surface area contributed by atoms with Gasteiger partial charge in [-0.15, -0.1) is 0 Å². The van der Waals surface area contributed by atoms with Crippen molar-refractivity contribution in [1.82, 2.24) is 0 Å². The van der Waals surface area contributed by atoms with E-state index in [1.165, 1.54) is 0 Å². The molecule has 0 fully saturated rings. The molecule has 2 nitrogen and oxygen atoms in total. The van der Waals surface area contributed by atoms with Gasteiger partial charge in [0, 0.05) is 11.1 Å². The number of halogens is 1. The highest BCUT2D eigenvalue weighted by atomic mass is 35.5. The fraction of sp³-hybridized carbons (Fsp3) is 0.0714. The Labute approximate surface area is 105 Å². The van der Waals surface area contributed by atoms with Crippen LogP contribution in [0.5, 0.6) is 5.75 Å². The summed E-state index contributed by atoms with van der Waals surface area (Å²) in [6.45, 7) is 0. The van der Waals surface area contributed by atoms with E-state index in [0.717, 1.165) is 16.9 Å². The van der Waals surface area contributed by atoms with E-state index in [9.17, 15) is 4.79 Å². The van der Waals surface area contributed by atoms with Gasteiger partial charge in [0.25, 0.3) is 5.24 Å². The average Bonchev–Trinajstić information content (AvgIpc) is 2.39. The number of ether oxygens (including phenoxy) is 1. The van der Waals surface area contributed by atoms with E-state index in [4.69, 9.17) is 16.3 Å². The first-order valence-electron chi connectivity index (χ1n) is 5.15. The quantitative estimate of drug-likeness (QED) is 0.771. The number of carbonyl (C=O) groups excluding carboxylic acids is 1. The zero-order valence-corrected chi connectivity index (χ0v) is 10.1. The van der Waals surface area contributed by atoms with Gasteiger partial charge in [-0.25, -0.2) is 0 Å². The molecule has 0 bridgehead atoms. The summed E-state index contributed by atoms with van der Waals surface area (Å²) in [7, 11) is 1.60. The summed E-state index contributed by atoms with van der Waals surface area (Å²) in [5.74, 6) is 0.720. The van der Waals surface area contributed by atoms with Gasteiger partial charge in [0.1, 0.15) is 5.75 Å². The second kappa shape index (κ2) is 5.02. The standard InChI is InChI=1S/C14H11ClO2/c1-17-13-8-7-11(14(15)16)9-12(13)10-5-3-2-4-6-10/h2-9H,1H3. The van der Waals surface area contributed by atoms with Crippen molar-refractivity contribution in [3.63, 3.8) is 0 Å². The van der Waals surface area contributed by atoms with Crippen molar-refractivity contribution in [2.75, 3.05) is 7.11 Å². The average molecular weight is 247 g/mol. The summed E-state index contributed by atoms with van der Waals surface area (Å²) in [6.07, 6.45) is 0. The fourth-order valence-corrected chi connectivity index (χ4v) is 1.79. The summed E-state index contributed by atoms with van der Waals surface area (Å²) >= 11 is 5.48. The van der Waals surface area contributed by atoms with Crippen LogP contribution in [0.15, 0.2) is 48.5 Å². The number of hydrogen-bond donors (Lipinski definition) is 0. The summed E-state index contributed by atoms with van der Waals surface area (Å²) in [5.41, 5.74) is 2.31. The van der Waals surface area contributed by atoms with E-state index >= 15 is 0 Å². The molecule has 0 heterocycles. The smallest absolute Gasteiger partial charge is 0.252 e. The molecule has 0 N–H and O–H groups in total. The maximum Gasteiger partial charge on any atom is 0.252 e. The largest absolute Gasteiger partial charge is 0.496 e. The van der Waals surface area contributed by atoms with Crippen LogP contribution < -0.4 is 4.74 Å².